The Balaban J connectivity index is 2.29. The number of nitrogens with zero attached hydrogens (tertiary/aromatic N) is 2. The van der Waals surface area contributed by atoms with Gasteiger partial charge in [0.15, 0.2) is 5.82 Å². The first-order valence-corrected chi connectivity index (χ1v) is 7.70. The number of carbonyl (C=O) groups is 1. The summed E-state index contributed by atoms with van der Waals surface area (Å²) >= 11 is 0. The van der Waals surface area contributed by atoms with E-state index in [2.05, 4.69) is 23.4 Å². The van der Waals surface area contributed by atoms with Crippen molar-refractivity contribution in [2.75, 3.05) is 5.32 Å². The molecule has 1 aromatic carbocycles. The number of amides is 1. The zero-order chi connectivity index (χ0) is 15.5. The molecule has 1 aromatic heterocycles. The summed E-state index contributed by atoms with van der Waals surface area (Å²) in [7, 11) is 0. The Labute approximate surface area is 126 Å². The molecule has 0 spiro atoms. The number of nitrogens with one attached hydrogen (secondary N) is 1. The van der Waals surface area contributed by atoms with Gasteiger partial charge in [-0.3, -0.25) is 9.48 Å². The maximum Gasteiger partial charge on any atom is 0.230 e. The van der Waals surface area contributed by atoms with Gasteiger partial charge in [-0.1, -0.05) is 52.7 Å². The standard InChI is InChI=1S/C17H25N3O/c1-5-6-9-12-20-14-11-8-7-10-13(14)15(19-20)18-16(21)17(2,3)4/h7-8,10-11H,5-6,9,12H2,1-4H3,(H,18,19,21). The number of para-hydroxylation sites is 1. The van der Waals surface area contributed by atoms with Crippen molar-refractivity contribution in [1.82, 2.24) is 9.78 Å². The third kappa shape index (κ3) is 3.63. The second kappa shape index (κ2) is 6.29. The van der Waals surface area contributed by atoms with E-state index in [0.29, 0.717) is 5.82 Å². The highest BCUT2D eigenvalue weighted by molar-refractivity contribution is 6.01. The Kier molecular flexibility index (Phi) is 4.66. The molecule has 1 N–H and O–H groups in total. The van der Waals surface area contributed by atoms with Gasteiger partial charge in [-0.05, 0) is 18.6 Å². The van der Waals surface area contributed by atoms with E-state index in [-0.39, 0.29) is 5.91 Å². The van der Waals surface area contributed by atoms with Crippen molar-refractivity contribution in [3.8, 4) is 0 Å². The van der Waals surface area contributed by atoms with Gasteiger partial charge in [0.25, 0.3) is 0 Å². The first-order chi connectivity index (χ1) is 9.93. The first-order valence-electron chi connectivity index (χ1n) is 7.70. The lowest BCUT2D eigenvalue weighted by atomic mass is 9.96. The Morgan fingerprint density at radius 2 is 1.95 bits per heavy atom. The zero-order valence-electron chi connectivity index (χ0n) is 13.4. The zero-order valence-corrected chi connectivity index (χ0v) is 13.4. The molecule has 0 aliphatic rings. The lowest BCUT2D eigenvalue weighted by Gasteiger charge is -2.16. The summed E-state index contributed by atoms with van der Waals surface area (Å²) in [6.45, 7) is 8.80. The topological polar surface area (TPSA) is 46.9 Å². The predicted octanol–water partition coefficient (Wildman–Crippen LogP) is 4.21. The quantitative estimate of drug-likeness (QED) is 0.837. The van der Waals surface area contributed by atoms with Crippen molar-refractivity contribution >= 4 is 22.6 Å². The van der Waals surface area contributed by atoms with Crippen molar-refractivity contribution in [2.24, 2.45) is 5.41 Å². The molecule has 4 nitrogen and oxygen atoms in total. The van der Waals surface area contributed by atoms with E-state index in [1.54, 1.807) is 0 Å². The fourth-order valence-electron chi connectivity index (χ4n) is 2.20. The van der Waals surface area contributed by atoms with Crippen LogP contribution in [0.1, 0.15) is 47.0 Å². The average molecular weight is 287 g/mol. The van der Waals surface area contributed by atoms with Gasteiger partial charge in [0.05, 0.1) is 5.52 Å². The van der Waals surface area contributed by atoms with Crippen LogP contribution in [0.3, 0.4) is 0 Å². The number of hydrogen-bond donors (Lipinski definition) is 1. The summed E-state index contributed by atoms with van der Waals surface area (Å²) in [4.78, 5) is 12.2. The average Bonchev–Trinajstić information content (AvgIpc) is 2.77. The normalized spacial score (nSPS) is 11.8. The van der Waals surface area contributed by atoms with Gasteiger partial charge in [0, 0.05) is 17.3 Å². The number of carbonyl (C=O) groups excluding carboxylic acids is 1. The van der Waals surface area contributed by atoms with Crippen molar-refractivity contribution in [1.29, 1.82) is 0 Å². The maximum atomic E-state index is 12.2. The molecule has 0 unspecified atom stereocenters. The fourth-order valence-corrected chi connectivity index (χ4v) is 2.20. The number of hydrogen-bond acceptors (Lipinski definition) is 2. The van der Waals surface area contributed by atoms with E-state index in [1.165, 1.54) is 12.8 Å². The second-order valence-corrected chi connectivity index (χ2v) is 6.50. The number of benzene rings is 1. The van der Waals surface area contributed by atoms with Crippen molar-refractivity contribution < 1.29 is 4.79 Å². The molecule has 0 radical (unpaired) electrons. The highest BCUT2D eigenvalue weighted by Crippen LogP contribution is 2.25. The summed E-state index contributed by atoms with van der Waals surface area (Å²) in [5.74, 6) is 0.661. The van der Waals surface area contributed by atoms with Crippen LogP contribution in [0.4, 0.5) is 5.82 Å². The van der Waals surface area contributed by atoms with Crippen LogP contribution in [0, 0.1) is 5.41 Å². The van der Waals surface area contributed by atoms with Gasteiger partial charge in [-0.25, -0.2) is 0 Å². The Morgan fingerprint density at radius 1 is 1.24 bits per heavy atom. The minimum absolute atomic E-state index is 0.00791. The maximum absolute atomic E-state index is 12.2. The number of unbranched alkanes of at least 4 members (excludes halogenated alkanes) is 2. The molecule has 2 aromatic rings. The number of anilines is 1. The summed E-state index contributed by atoms with van der Waals surface area (Å²) in [5.41, 5.74) is 0.658. The lowest BCUT2D eigenvalue weighted by Crippen LogP contribution is -2.27. The van der Waals surface area contributed by atoms with Crippen molar-refractivity contribution in [3.63, 3.8) is 0 Å². The summed E-state index contributed by atoms with van der Waals surface area (Å²) in [6, 6.07) is 8.06. The molecular weight excluding hydrogens is 262 g/mol. The molecule has 0 atom stereocenters. The fraction of sp³-hybridized carbons (Fsp3) is 0.529. The van der Waals surface area contributed by atoms with Crippen LogP contribution in [-0.2, 0) is 11.3 Å². The number of rotatable bonds is 5. The number of aromatic nitrogens is 2. The summed E-state index contributed by atoms with van der Waals surface area (Å²) < 4.78 is 2.00. The lowest BCUT2D eigenvalue weighted by molar-refractivity contribution is -0.123. The molecule has 0 aliphatic heterocycles. The third-order valence-corrected chi connectivity index (χ3v) is 3.54. The SMILES string of the molecule is CCCCCn1nc(NC(=O)C(C)(C)C)c2ccccc21. The molecule has 4 heteroatoms. The van der Waals surface area contributed by atoms with E-state index in [4.69, 9.17) is 0 Å². The van der Waals surface area contributed by atoms with Crippen molar-refractivity contribution in [2.45, 2.75) is 53.5 Å². The molecule has 0 saturated heterocycles. The summed E-state index contributed by atoms with van der Waals surface area (Å²) in [5, 5.41) is 8.57. The van der Waals surface area contributed by atoms with E-state index >= 15 is 0 Å². The third-order valence-electron chi connectivity index (χ3n) is 3.54. The molecule has 2 rings (SSSR count). The molecule has 0 aliphatic carbocycles. The second-order valence-electron chi connectivity index (χ2n) is 6.50. The van der Waals surface area contributed by atoms with Crippen LogP contribution in [0.25, 0.3) is 10.9 Å². The van der Waals surface area contributed by atoms with E-state index < -0.39 is 5.41 Å². The molecule has 114 valence electrons. The molecule has 1 amide bonds. The van der Waals surface area contributed by atoms with Crippen molar-refractivity contribution in [3.05, 3.63) is 24.3 Å². The highest BCUT2D eigenvalue weighted by Gasteiger charge is 2.23. The first kappa shape index (κ1) is 15.5. The van der Waals surface area contributed by atoms with E-state index in [9.17, 15) is 4.79 Å². The largest absolute Gasteiger partial charge is 0.308 e. The van der Waals surface area contributed by atoms with Crippen LogP contribution >= 0.6 is 0 Å². The summed E-state index contributed by atoms with van der Waals surface area (Å²) in [6.07, 6.45) is 3.49. The van der Waals surface area contributed by atoms with Crippen LogP contribution in [0.2, 0.25) is 0 Å². The van der Waals surface area contributed by atoms with Gasteiger partial charge < -0.3 is 5.32 Å². The highest BCUT2D eigenvalue weighted by atomic mass is 16.2. The Hall–Kier alpha value is -1.84. The van der Waals surface area contributed by atoms with Gasteiger partial charge in [0.1, 0.15) is 0 Å². The van der Waals surface area contributed by atoms with Gasteiger partial charge in [-0.2, -0.15) is 5.10 Å². The van der Waals surface area contributed by atoms with Crippen LogP contribution in [-0.4, -0.2) is 15.7 Å². The van der Waals surface area contributed by atoms with Crippen LogP contribution in [0.5, 0.6) is 0 Å². The smallest absolute Gasteiger partial charge is 0.230 e. The van der Waals surface area contributed by atoms with Gasteiger partial charge in [0.2, 0.25) is 5.91 Å². The van der Waals surface area contributed by atoms with E-state index in [1.807, 2.05) is 43.7 Å². The minimum atomic E-state index is -0.424. The monoisotopic (exact) mass is 287 g/mol. The predicted molar refractivity (Wildman–Crippen MR) is 87.3 cm³/mol. The molecule has 0 fully saturated rings. The molecule has 0 bridgehead atoms. The Morgan fingerprint density at radius 3 is 2.62 bits per heavy atom. The number of fused-ring (bicyclic) bond motifs is 1. The van der Waals surface area contributed by atoms with E-state index in [0.717, 1.165) is 23.9 Å². The van der Waals surface area contributed by atoms with Gasteiger partial charge in [-0.15, -0.1) is 0 Å². The molecule has 0 saturated carbocycles. The van der Waals surface area contributed by atoms with Crippen LogP contribution < -0.4 is 5.32 Å². The number of aryl methyl sites for hydroxylation is 1. The Bertz CT molecular complexity index is 622. The van der Waals surface area contributed by atoms with Crippen LogP contribution in [0.15, 0.2) is 24.3 Å². The molecule has 21 heavy (non-hydrogen) atoms. The molecule has 1 heterocycles. The minimum Gasteiger partial charge on any atom is -0.308 e. The van der Waals surface area contributed by atoms with Gasteiger partial charge >= 0.3 is 0 Å². The molecular formula is C17H25N3O.